The summed E-state index contributed by atoms with van der Waals surface area (Å²) in [6, 6.07) is 16.9. The first-order chi connectivity index (χ1) is 13.8. The van der Waals surface area contributed by atoms with Crippen molar-refractivity contribution in [2.45, 2.75) is 13.0 Å². The highest BCUT2D eigenvalue weighted by Gasteiger charge is 2.21. The number of hydrogen-bond donors (Lipinski definition) is 2. The average Bonchev–Trinajstić information content (AvgIpc) is 2.74. The minimum atomic E-state index is -0.433. The molecule has 0 saturated carbocycles. The minimum Gasteiger partial charge on any atom is -0.492 e. The first-order valence-electron chi connectivity index (χ1n) is 9.89. The lowest BCUT2D eigenvalue weighted by atomic mass is 10.1. The van der Waals surface area contributed by atoms with E-state index in [9.17, 15) is 4.79 Å². The van der Waals surface area contributed by atoms with Gasteiger partial charge in [0.2, 0.25) is 5.91 Å². The molecule has 1 amide bonds. The summed E-state index contributed by atoms with van der Waals surface area (Å²) >= 11 is 0. The molecule has 1 aliphatic heterocycles. The monoisotopic (exact) mass is 383 g/mol. The smallest absolute Gasteiger partial charge is 0.246 e. The number of hydrogen-bond acceptors (Lipinski definition) is 5. The number of nitrogens with one attached hydrogen (secondary N) is 2. The number of amides is 1. The molecule has 6 nitrogen and oxygen atoms in total. The summed E-state index contributed by atoms with van der Waals surface area (Å²) in [6.45, 7) is 7.51. The fraction of sp³-hybridized carbons (Fsp3) is 0.409. The molecule has 0 aromatic heterocycles. The van der Waals surface area contributed by atoms with Crippen LogP contribution in [0, 0.1) is 0 Å². The molecular formula is C22H29N3O3. The molecule has 150 valence electrons. The van der Waals surface area contributed by atoms with Gasteiger partial charge >= 0.3 is 0 Å². The van der Waals surface area contributed by atoms with Crippen LogP contribution >= 0.6 is 0 Å². The molecule has 2 N–H and O–H groups in total. The highest BCUT2D eigenvalue weighted by atomic mass is 16.5. The van der Waals surface area contributed by atoms with Crippen LogP contribution in [0.1, 0.15) is 18.5 Å². The van der Waals surface area contributed by atoms with Crippen molar-refractivity contribution in [2.75, 3.05) is 51.3 Å². The molecule has 1 unspecified atom stereocenters. The fourth-order valence-corrected chi connectivity index (χ4v) is 3.26. The van der Waals surface area contributed by atoms with E-state index >= 15 is 0 Å². The first kappa shape index (κ1) is 20.3. The van der Waals surface area contributed by atoms with E-state index in [1.807, 2.05) is 61.5 Å². The molecule has 28 heavy (non-hydrogen) atoms. The number of anilines is 1. The predicted octanol–water partition coefficient (Wildman–Crippen LogP) is 2.69. The van der Waals surface area contributed by atoms with Gasteiger partial charge in [-0.15, -0.1) is 0 Å². The van der Waals surface area contributed by atoms with E-state index in [2.05, 4.69) is 15.5 Å². The molecule has 2 aromatic rings. The Balaban J connectivity index is 1.67. The Hall–Kier alpha value is -2.41. The van der Waals surface area contributed by atoms with E-state index < -0.39 is 6.04 Å². The molecule has 0 bridgehead atoms. The first-order valence-corrected chi connectivity index (χ1v) is 9.89. The van der Waals surface area contributed by atoms with Crippen molar-refractivity contribution in [2.24, 2.45) is 0 Å². The van der Waals surface area contributed by atoms with Crippen molar-refractivity contribution < 1.29 is 14.3 Å². The van der Waals surface area contributed by atoms with E-state index in [0.29, 0.717) is 18.0 Å². The molecular weight excluding hydrogens is 354 g/mol. The van der Waals surface area contributed by atoms with Crippen LogP contribution in [0.4, 0.5) is 5.69 Å². The summed E-state index contributed by atoms with van der Waals surface area (Å²) in [4.78, 5) is 15.4. The summed E-state index contributed by atoms with van der Waals surface area (Å²) in [5.74, 6) is 0.582. The molecule has 1 fully saturated rings. The van der Waals surface area contributed by atoms with E-state index in [1.165, 1.54) is 0 Å². The van der Waals surface area contributed by atoms with Gasteiger partial charge in [-0.05, 0) is 24.6 Å². The van der Waals surface area contributed by atoms with E-state index in [-0.39, 0.29) is 5.91 Å². The van der Waals surface area contributed by atoms with E-state index in [0.717, 1.165) is 45.0 Å². The molecule has 0 radical (unpaired) electrons. The van der Waals surface area contributed by atoms with Crippen molar-refractivity contribution in [1.82, 2.24) is 10.2 Å². The second-order valence-corrected chi connectivity index (χ2v) is 6.67. The maximum absolute atomic E-state index is 13.1. The van der Waals surface area contributed by atoms with Crippen LogP contribution in [0.5, 0.6) is 5.75 Å². The van der Waals surface area contributed by atoms with Gasteiger partial charge in [-0.3, -0.25) is 9.69 Å². The number of carbonyl (C=O) groups is 1. The predicted molar refractivity (Wildman–Crippen MR) is 111 cm³/mol. The lowest BCUT2D eigenvalue weighted by molar-refractivity contribution is -0.118. The number of para-hydroxylation sites is 2. The van der Waals surface area contributed by atoms with Crippen molar-refractivity contribution >= 4 is 11.6 Å². The maximum Gasteiger partial charge on any atom is 0.246 e. The third kappa shape index (κ3) is 5.79. The topological polar surface area (TPSA) is 62.8 Å². The van der Waals surface area contributed by atoms with Crippen LogP contribution in [-0.2, 0) is 9.53 Å². The van der Waals surface area contributed by atoms with Gasteiger partial charge in [-0.1, -0.05) is 42.5 Å². The van der Waals surface area contributed by atoms with Gasteiger partial charge in [0.1, 0.15) is 11.8 Å². The van der Waals surface area contributed by atoms with Crippen LogP contribution < -0.4 is 15.4 Å². The zero-order chi connectivity index (χ0) is 19.6. The summed E-state index contributed by atoms with van der Waals surface area (Å²) in [7, 11) is 0. The summed E-state index contributed by atoms with van der Waals surface area (Å²) in [6.07, 6.45) is 0. The van der Waals surface area contributed by atoms with Crippen molar-refractivity contribution in [3.8, 4) is 5.75 Å². The van der Waals surface area contributed by atoms with Crippen molar-refractivity contribution in [3.05, 3.63) is 60.2 Å². The highest BCUT2D eigenvalue weighted by molar-refractivity contribution is 5.96. The van der Waals surface area contributed by atoms with E-state index in [1.54, 1.807) is 0 Å². The Morgan fingerprint density at radius 3 is 2.57 bits per heavy atom. The standard InChI is InChI=1S/C22H29N3O3/c1-2-28-20-11-7-6-10-19(20)24-22(26)21(18-8-4-3-5-9-18)23-12-13-25-14-16-27-17-15-25/h3-11,21,23H,2,12-17H2,1H3,(H,24,26). The number of morpholine rings is 1. The highest BCUT2D eigenvalue weighted by Crippen LogP contribution is 2.25. The number of ether oxygens (including phenoxy) is 2. The molecule has 1 saturated heterocycles. The summed E-state index contributed by atoms with van der Waals surface area (Å²) < 4.78 is 11.0. The molecule has 0 spiro atoms. The normalized spacial score (nSPS) is 15.8. The Morgan fingerprint density at radius 2 is 1.82 bits per heavy atom. The van der Waals surface area contributed by atoms with Crippen molar-refractivity contribution in [1.29, 1.82) is 0 Å². The van der Waals surface area contributed by atoms with Crippen LogP contribution in [-0.4, -0.2) is 56.8 Å². The van der Waals surface area contributed by atoms with Gasteiger partial charge in [-0.25, -0.2) is 0 Å². The lowest BCUT2D eigenvalue weighted by Crippen LogP contribution is -2.42. The van der Waals surface area contributed by atoms with Crippen LogP contribution in [0.25, 0.3) is 0 Å². The van der Waals surface area contributed by atoms with Gasteiger partial charge in [0.25, 0.3) is 0 Å². The largest absolute Gasteiger partial charge is 0.492 e. The molecule has 1 heterocycles. The number of nitrogens with zero attached hydrogens (tertiary/aromatic N) is 1. The van der Waals surface area contributed by atoms with E-state index in [4.69, 9.17) is 9.47 Å². The minimum absolute atomic E-state index is 0.0969. The van der Waals surface area contributed by atoms with Crippen LogP contribution in [0.2, 0.25) is 0 Å². The third-order valence-electron chi connectivity index (χ3n) is 4.72. The molecule has 3 rings (SSSR count). The maximum atomic E-state index is 13.1. The molecule has 6 heteroatoms. The lowest BCUT2D eigenvalue weighted by Gasteiger charge is -2.27. The summed E-state index contributed by atoms with van der Waals surface area (Å²) in [5, 5.41) is 6.44. The van der Waals surface area contributed by atoms with Crippen LogP contribution in [0.15, 0.2) is 54.6 Å². The van der Waals surface area contributed by atoms with Crippen molar-refractivity contribution in [3.63, 3.8) is 0 Å². The average molecular weight is 383 g/mol. The second kappa shape index (κ2) is 10.8. The number of benzene rings is 2. The Labute approximate surface area is 166 Å². The van der Waals surface area contributed by atoms with Gasteiger partial charge < -0.3 is 20.1 Å². The van der Waals surface area contributed by atoms with Gasteiger partial charge in [0.05, 0.1) is 25.5 Å². The molecule has 1 atom stereocenters. The molecule has 0 aliphatic carbocycles. The zero-order valence-corrected chi connectivity index (χ0v) is 16.4. The Morgan fingerprint density at radius 1 is 1.11 bits per heavy atom. The fourth-order valence-electron chi connectivity index (χ4n) is 3.26. The number of rotatable bonds is 9. The summed E-state index contributed by atoms with van der Waals surface area (Å²) in [5.41, 5.74) is 1.63. The molecule has 1 aliphatic rings. The van der Waals surface area contributed by atoms with Gasteiger partial charge in [-0.2, -0.15) is 0 Å². The quantitative estimate of drug-likeness (QED) is 0.697. The SMILES string of the molecule is CCOc1ccccc1NC(=O)C(NCCN1CCOCC1)c1ccccc1. The number of carbonyl (C=O) groups excluding carboxylic acids is 1. The third-order valence-corrected chi connectivity index (χ3v) is 4.72. The van der Waals surface area contributed by atoms with Gasteiger partial charge in [0, 0.05) is 26.2 Å². The Bertz CT molecular complexity index is 733. The second-order valence-electron chi connectivity index (χ2n) is 6.67. The van der Waals surface area contributed by atoms with Gasteiger partial charge in [0.15, 0.2) is 0 Å². The zero-order valence-electron chi connectivity index (χ0n) is 16.4. The van der Waals surface area contributed by atoms with Crippen LogP contribution in [0.3, 0.4) is 0 Å². The molecule has 2 aromatic carbocycles. The Kier molecular flexibility index (Phi) is 7.84.